The highest BCUT2D eigenvalue weighted by molar-refractivity contribution is 5.85. The molecule has 1 fully saturated rings. The van der Waals surface area contributed by atoms with Crippen molar-refractivity contribution in [3.05, 3.63) is 35.9 Å². The van der Waals surface area contributed by atoms with Crippen LogP contribution in [0.1, 0.15) is 23.6 Å². The van der Waals surface area contributed by atoms with Gasteiger partial charge >= 0.3 is 0 Å². The average molecular weight is 363 g/mol. The molecule has 1 aliphatic rings. The number of nitrogens with one attached hydrogen (secondary N) is 1. The fraction of sp³-hybridized carbons (Fsp3) is 0.529. The summed E-state index contributed by atoms with van der Waals surface area (Å²) in [7, 11) is 3.45. The average Bonchev–Trinajstić information content (AvgIpc) is 2.53. The molecule has 1 aliphatic heterocycles. The van der Waals surface area contributed by atoms with E-state index in [0.717, 1.165) is 55.2 Å². The fourth-order valence-corrected chi connectivity index (χ4v) is 3.00. The monoisotopic (exact) mass is 362 g/mol. The number of hydrogen-bond acceptors (Lipinski definition) is 4. The summed E-state index contributed by atoms with van der Waals surface area (Å²) >= 11 is 0. The first-order valence-corrected chi connectivity index (χ1v) is 7.49. The maximum atomic E-state index is 5.63. The summed E-state index contributed by atoms with van der Waals surface area (Å²) < 4.78 is 11.3. The number of ether oxygens (including phenoxy) is 2. The van der Waals surface area contributed by atoms with Gasteiger partial charge in [-0.25, -0.2) is 0 Å². The van der Waals surface area contributed by atoms with Gasteiger partial charge in [-0.1, -0.05) is 6.08 Å². The normalized spacial score (nSPS) is 15.8. The number of nitrogens with zero attached hydrogens (tertiary/aromatic N) is 1. The summed E-state index contributed by atoms with van der Waals surface area (Å²) in [5, 5.41) is 3.40. The Morgan fingerprint density at radius 2 is 1.70 bits per heavy atom. The minimum atomic E-state index is 0. The molecular formula is C17H28Cl2N2O2. The number of benzene rings is 1. The van der Waals surface area contributed by atoms with Crippen molar-refractivity contribution in [2.24, 2.45) is 0 Å². The van der Waals surface area contributed by atoms with Gasteiger partial charge in [0, 0.05) is 32.2 Å². The largest absolute Gasteiger partial charge is 0.496 e. The van der Waals surface area contributed by atoms with Gasteiger partial charge in [0.05, 0.1) is 19.8 Å². The smallest absolute Gasteiger partial charge is 0.127 e. The molecule has 23 heavy (non-hydrogen) atoms. The summed E-state index contributed by atoms with van der Waals surface area (Å²) in [5.74, 6) is 1.80. The summed E-state index contributed by atoms with van der Waals surface area (Å²) in [6.07, 6.45) is 2.86. The molecule has 1 atom stereocenters. The molecule has 1 aromatic rings. The molecule has 0 spiro atoms. The minimum Gasteiger partial charge on any atom is -0.496 e. The molecule has 132 valence electrons. The lowest BCUT2D eigenvalue weighted by Gasteiger charge is -2.36. The van der Waals surface area contributed by atoms with Gasteiger partial charge in [0.1, 0.15) is 11.5 Å². The lowest BCUT2D eigenvalue weighted by atomic mass is 9.97. The molecule has 0 radical (unpaired) electrons. The molecule has 1 aromatic carbocycles. The molecule has 6 heteroatoms. The topological polar surface area (TPSA) is 33.7 Å². The van der Waals surface area contributed by atoms with E-state index >= 15 is 0 Å². The van der Waals surface area contributed by atoms with Crippen LogP contribution >= 0.6 is 24.8 Å². The number of rotatable bonds is 6. The first-order valence-electron chi connectivity index (χ1n) is 7.49. The van der Waals surface area contributed by atoms with Crippen LogP contribution in [0.3, 0.4) is 0 Å². The first-order chi connectivity index (χ1) is 10.2. The Kier molecular flexibility index (Phi) is 10.3. The maximum absolute atomic E-state index is 5.63. The fourth-order valence-electron chi connectivity index (χ4n) is 3.00. The van der Waals surface area contributed by atoms with Crippen LogP contribution in [0.2, 0.25) is 0 Å². The van der Waals surface area contributed by atoms with E-state index in [9.17, 15) is 0 Å². The molecule has 1 N–H and O–H groups in total. The van der Waals surface area contributed by atoms with Crippen molar-refractivity contribution in [2.45, 2.75) is 19.4 Å². The van der Waals surface area contributed by atoms with Crippen LogP contribution in [0.15, 0.2) is 24.8 Å². The second kappa shape index (κ2) is 10.8. The molecule has 0 amide bonds. The molecule has 0 unspecified atom stereocenters. The van der Waals surface area contributed by atoms with Crippen LogP contribution in [-0.4, -0.2) is 45.3 Å². The highest BCUT2D eigenvalue weighted by atomic mass is 35.5. The first kappa shape index (κ1) is 22.1. The molecule has 4 nitrogen and oxygen atoms in total. The van der Waals surface area contributed by atoms with Crippen molar-refractivity contribution in [1.29, 1.82) is 0 Å². The van der Waals surface area contributed by atoms with Crippen molar-refractivity contribution >= 4 is 24.8 Å². The highest BCUT2D eigenvalue weighted by Crippen LogP contribution is 2.40. The van der Waals surface area contributed by atoms with E-state index < -0.39 is 0 Å². The standard InChI is InChI=1S/C17H26N2O2.2ClH/c1-5-6-14(19-9-7-18-8-10-19)17-15(20-3)11-13(2)12-16(17)21-4;;/h5,11-12,14,18H,1,6-10H2,2-4H3;2*1H/t14-;;/m0../s1. The molecule has 0 bridgehead atoms. The van der Waals surface area contributed by atoms with Gasteiger partial charge in [-0.15, -0.1) is 31.4 Å². The van der Waals surface area contributed by atoms with Crippen LogP contribution in [0, 0.1) is 6.92 Å². The van der Waals surface area contributed by atoms with Crippen molar-refractivity contribution in [3.63, 3.8) is 0 Å². The molecule has 0 aromatic heterocycles. The van der Waals surface area contributed by atoms with Crippen molar-refractivity contribution in [3.8, 4) is 11.5 Å². The zero-order valence-corrected chi connectivity index (χ0v) is 15.8. The Morgan fingerprint density at radius 1 is 1.17 bits per heavy atom. The molecule has 2 rings (SSSR count). The lowest BCUT2D eigenvalue weighted by Crippen LogP contribution is -2.45. The summed E-state index contributed by atoms with van der Waals surface area (Å²) in [6, 6.07) is 4.40. The van der Waals surface area contributed by atoms with E-state index in [-0.39, 0.29) is 30.9 Å². The predicted molar refractivity (Wildman–Crippen MR) is 101 cm³/mol. The third-order valence-electron chi connectivity index (χ3n) is 4.00. The van der Waals surface area contributed by atoms with Gasteiger partial charge in [-0.2, -0.15) is 0 Å². The Hall–Kier alpha value is -0.940. The van der Waals surface area contributed by atoms with Gasteiger partial charge < -0.3 is 14.8 Å². The SMILES string of the molecule is C=CC[C@@H](c1c(OC)cc(C)cc1OC)N1CCNCC1.Cl.Cl. The van der Waals surface area contributed by atoms with Gasteiger partial charge in [-0.3, -0.25) is 4.90 Å². The van der Waals surface area contributed by atoms with E-state index in [1.54, 1.807) is 14.2 Å². The van der Waals surface area contributed by atoms with Gasteiger partial charge in [0.15, 0.2) is 0 Å². The minimum absolute atomic E-state index is 0. The van der Waals surface area contributed by atoms with Crippen molar-refractivity contribution < 1.29 is 9.47 Å². The predicted octanol–water partition coefficient (Wildman–Crippen LogP) is 3.38. The highest BCUT2D eigenvalue weighted by Gasteiger charge is 2.27. The van der Waals surface area contributed by atoms with Crippen LogP contribution in [-0.2, 0) is 0 Å². The van der Waals surface area contributed by atoms with Crippen molar-refractivity contribution in [2.75, 3.05) is 40.4 Å². The molecule has 0 saturated carbocycles. The molecule has 0 aliphatic carbocycles. The Labute approximate surface area is 152 Å². The van der Waals surface area contributed by atoms with E-state index in [0.29, 0.717) is 0 Å². The van der Waals surface area contributed by atoms with E-state index in [1.165, 1.54) is 0 Å². The van der Waals surface area contributed by atoms with Crippen LogP contribution in [0.4, 0.5) is 0 Å². The maximum Gasteiger partial charge on any atom is 0.127 e. The Morgan fingerprint density at radius 3 is 2.13 bits per heavy atom. The second-order valence-electron chi connectivity index (χ2n) is 5.41. The third kappa shape index (κ3) is 5.28. The van der Waals surface area contributed by atoms with E-state index in [4.69, 9.17) is 9.47 Å². The van der Waals surface area contributed by atoms with E-state index in [1.807, 2.05) is 6.08 Å². The summed E-state index contributed by atoms with van der Waals surface area (Å²) in [6.45, 7) is 10.1. The number of aryl methyl sites for hydroxylation is 1. The number of hydrogen-bond donors (Lipinski definition) is 1. The zero-order chi connectivity index (χ0) is 15.2. The number of halogens is 2. The second-order valence-corrected chi connectivity index (χ2v) is 5.41. The van der Waals surface area contributed by atoms with Crippen LogP contribution in [0.5, 0.6) is 11.5 Å². The van der Waals surface area contributed by atoms with Crippen LogP contribution < -0.4 is 14.8 Å². The van der Waals surface area contributed by atoms with E-state index in [2.05, 4.69) is 35.9 Å². The summed E-state index contributed by atoms with van der Waals surface area (Å²) in [5.41, 5.74) is 2.28. The Bertz CT molecular complexity index is 466. The van der Waals surface area contributed by atoms with Gasteiger partial charge in [0.25, 0.3) is 0 Å². The van der Waals surface area contributed by atoms with Gasteiger partial charge in [-0.05, 0) is 31.0 Å². The molecule has 1 heterocycles. The molecule has 1 saturated heterocycles. The Balaban J connectivity index is 0.00000242. The quantitative estimate of drug-likeness (QED) is 0.786. The van der Waals surface area contributed by atoms with Crippen LogP contribution in [0.25, 0.3) is 0 Å². The third-order valence-corrected chi connectivity index (χ3v) is 4.00. The van der Waals surface area contributed by atoms with Crippen molar-refractivity contribution in [1.82, 2.24) is 10.2 Å². The zero-order valence-electron chi connectivity index (χ0n) is 14.1. The van der Waals surface area contributed by atoms with Gasteiger partial charge in [0.2, 0.25) is 0 Å². The molecular weight excluding hydrogens is 335 g/mol. The lowest BCUT2D eigenvalue weighted by molar-refractivity contribution is 0.168. The summed E-state index contributed by atoms with van der Waals surface area (Å²) in [4.78, 5) is 2.48. The number of methoxy groups -OCH3 is 2. The number of piperazine rings is 1.